The zero-order chi connectivity index (χ0) is 22.8. The molecule has 1 fully saturated rings. The van der Waals surface area contributed by atoms with Gasteiger partial charge in [0.25, 0.3) is 5.56 Å². The number of imidazole rings is 1. The molecule has 9 nitrogen and oxygen atoms in total. The Morgan fingerprint density at radius 2 is 1.72 bits per heavy atom. The predicted octanol–water partition coefficient (Wildman–Crippen LogP) is 0.982. The van der Waals surface area contributed by atoms with Crippen LogP contribution in [0.3, 0.4) is 0 Å². The van der Waals surface area contributed by atoms with Gasteiger partial charge in [0.15, 0.2) is 11.2 Å². The fourth-order valence-electron chi connectivity index (χ4n) is 4.17. The second-order valence-corrected chi connectivity index (χ2v) is 8.80. The Bertz CT molecular complexity index is 1230. The molecule has 9 heteroatoms. The minimum Gasteiger partial charge on any atom is -0.350 e. The molecule has 2 aromatic heterocycles. The van der Waals surface area contributed by atoms with Crippen molar-refractivity contribution in [3.05, 3.63) is 62.6 Å². The van der Waals surface area contributed by atoms with E-state index in [1.807, 2.05) is 12.1 Å². The molecule has 0 unspecified atom stereocenters. The average Bonchev–Trinajstić information content (AvgIpc) is 3.21. The van der Waals surface area contributed by atoms with Gasteiger partial charge in [0, 0.05) is 27.2 Å². The molecule has 1 aromatic carbocycles. The Morgan fingerprint density at radius 1 is 1.06 bits per heavy atom. The first-order valence-corrected chi connectivity index (χ1v) is 11.0. The summed E-state index contributed by atoms with van der Waals surface area (Å²) in [5.74, 6) is 0.596. The van der Waals surface area contributed by atoms with Gasteiger partial charge < -0.3 is 9.88 Å². The van der Waals surface area contributed by atoms with E-state index >= 15 is 0 Å². The Labute approximate surface area is 186 Å². The molecule has 0 radical (unpaired) electrons. The molecule has 1 aliphatic rings. The number of aromatic nitrogens is 4. The number of piperidine rings is 1. The molecule has 0 bridgehead atoms. The highest BCUT2D eigenvalue weighted by Gasteiger charge is 2.17. The molecular weight excluding hydrogens is 408 g/mol. The summed E-state index contributed by atoms with van der Waals surface area (Å²) in [4.78, 5) is 43.6. The molecule has 0 aliphatic carbocycles. The number of fused-ring (bicyclic) bond motifs is 1. The van der Waals surface area contributed by atoms with Gasteiger partial charge in [0.2, 0.25) is 5.91 Å². The molecule has 0 saturated carbocycles. The summed E-state index contributed by atoms with van der Waals surface area (Å²) in [7, 11) is 2.97. The highest BCUT2D eigenvalue weighted by molar-refractivity contribution is 5.78. The van der Waals surface area contributed by atoms with E-state index in [2.05, 4.69) is 34.3 Å². The van der Waals surface area contributed by atoms with E-state index < -0.39 is 11.2 Å². The van der Waals surface area contributed by atoms with E-state index in [0.717, 1.165) is 35.7 Å². The van der Waals surface area contributed by atoms with Crippen molar-refractivity contribution in [3.8, 4) is 0 Å². The number of nitrogens with one attached hydrogen (secondary N) is 1. The number of carbonyl (C=O) groups excluding carboxylic acids is 1. The molecule has 1 saturated heterocycles. The summed E-state index contributed by atoms with van der Waals surface area (Å²) in [6.45, 7) is 5.94. The molecular formula is C23H30N6O3. The number of hydrogen-bond acceptors (Lipinski definition) is 5. The van der Waals surface area contributed by atoms with E-state index in [1.54, 1.807) is 7.05 Å². The van der Waals surface area contributed by atoms with Crippen LogP contribution in [0, 0.1) is 5.92 Å². The SMILES string of the molecule is CC1CCN(Cc2ccc(CNC(=O)Cn3cnc4c3c(=O)n(C)c(=O)n4C)cc2)CC1. The van der Waals surface area contributed by atoms with Gasteiger partial charge in [-0.15, -0.1) is 0 Å². The molecule has 3 aromatic rings. The largest absolute Gasteiger partial charge is 0.350 e. The second kappa shape index (κ2) is 9.12. The zero-order valence-electron chi connectivity index (χ0n) is 18.9. The number of amides is 1. The van der Waals surface area contributed by atoms with E-state index in [-0.39, 0.29) is 23.6 Å². The Kier molecular flexibility index (Phi) is 6.27. The van der Waals surface area contributed by atoms with Crippen molar-refractivity contribution in [3.63, 3.8) is 0 Å². The molecule has 1 N–H and O–H groups in total. The third kappa shape index (κ3) is 4.52. The smallest absolute Gasteiger partial charge is 0.332 e. The summed E-state index contributed by atoms with van der Waals surface area (Å²) in [5.41, 5.74) is 1.89. The number of rotatable bonds is 6. The van der Waals surface area contributed by atoms with Gasteiger partial charge in [-0.25, -0.2) is 9.78 Å². The van der Waals surface area contributed by atoms with Gasteiger partial charge in [-0.05, 0) is 43.0 Å². The number of carbonyl (C=O) groups is 1. The first kappa shape index (κ1) is 22.0. The van der Waals surface area contributed by atoms with Crippen molar-refractivity contribution in [2.75, 3.05) is 13.1 Å². The van der Waals surface area contributed by atoms with Crippen LogP contribution in [0.15, 0.2) is 40.2 Å². The number of hydrogen-bond donors (Lipinski definition) is 1. The second-order valence-electron chi connectivity index (χ2n) is 8.80. The number of likely N-dealkylation sites (tertiary alicyclic amines) is 1. The summed E-state index contributed by atoms with van der Waals surface area (Å²) >= 11 is 0. The highest BCUT2D eigenvalue weighted by Crippen LogP contribution is 2.18. The summed E-state index contributed by atoms with van der Waals surface area (Å²) < 4.78 is 3.80. The van der Waals surface area contributed by atoms with Crippen LogP contribution in [-0.4, -0.2) is 42.6 Å². The van der Waals surface area contributed by atoms with Crippen molar-refractivity contribution >= 4 is 17.1 Å². The number of benzene rings is 1. The van der Waals surface area contributed by atoms with Crippen molar-refractivity contribution in [1.29, 1.82) is 0 Å². The van der Waals surface area contributed by atoms with Gasteiger partial charge in [0.1, 0.15) is 6.54 Å². The van der Waals surface area contributed by atoms with Crippen LogP contribution in [0.4, 0.5) is 0 Å². The van der Waals surface area contributed by atoms with Crippen molar-refractivity contribution in [2.45, 2.75) is 39.4 Å². The standard InChI is InChI=1S/C23H30N6O3/c1-16-8-10-28(11-9-16)13-18-6-4-17(5-7-18)12-24-19(30)14-29-15-25-21-20(29)22(31)27(3)23(32)26(21)2/h4-7,15-16H,8-14H2,1-3H3,(H,24,30). The lowest BCUT2D eigenvalue weighted by Gasteiger charge is -2.30. The molecule has 0 atom stereocenters. The summed E-state index contributed by atoms with van der Waals surface area (Å²) in [6.07, 6.45) is 3.94. The van der Waals surface area contributed by atoms with Gasteiger partial charge in [0.05, 0.1) is 6.33 Å². The maximum absolute atomic E-state index is 12.5. The van der Waals surface area contributed by atoms with E-state index in [4.69, 9.17) is 0 Å². The maximum atomic E-state index is 12.5. The van der Waals surface area contributed by atoms with Crippen LogP contribution in [0.1, 0.15) is 30.9 Å². The lowest BCUT2D eigenvalue weighted by Crippen LogP contribution is -2.38. The molecule has 170 valence electrons. The average molecular weight is 439 g/mol. The first-order chi connectivity index (χ1) is 15.3. The topological polar surface area (TPSA) is 94.2 Å². The molecule has 3 heterocycles. The highest BCUT2D eigenvalue weighted by atomic mass is 16.2. The van der Waals surface area contributed by atoms with E-state index in [9.17, 15) is 14.4 Å². The summed E-state index contributed by atoms with van der Waals surface area (Å²) in [5, 5.41) is 2.89. The Balaban J connectivity index is 1.35. The Hall–Kier alpha value is -3.20. The Morgan fingerprint density at radius 3 is 2.41 bits per heavy atom. The summed E-state index contributed by atoms with van der Waals surface area (Å²) in [6, 6.07) is 8.32. The van der Waals surface area contributed by atoms with Gasteiger partial charge in [-0.1, -0.05) is 31.2 Å². The first-order valence-electron chi connectivity index (χ1n) is 11.0. The maximum Gasteiger partial charge on any atom is 0.332 e. The fourth-order valence-corrected chi connectivity index (χ4v) is 4.17. The van der Waals surface area contributed by atoms with Gasteiger partial charge >= 0.3 is 5.69 Å². The van der Waals surface area contributed by atoms with Crippen molar-refractivity contribution < 1.29 is 4.79 Å². The number of aryl methyl sites for hydroxylation is 1. The lowest BCUT2D eigenvalue weighted by atomic mass is 9.99. The lowest BCUT2D eigenvalue weighted by molar-refractivity contribution is -0.121. The zero-order valence-corrected chi connectivity index (χ0v) is 18.9. The van der Waals surface area contributed by atoms with Crippen LogP contribution < -0.4 is 16.6 Å². The molecule has 1 amide bonds. The van der Waals surface area contributed by atoms with Crippen molar-refractivity contribution in [1.82, 2.24) is 28.9 Å². The number of nitrogens with zero attached hydrogens (tertiary/aromatic N) is 5. The van der Waals surface area contributed by atoms with E-state index in [0.29, 0.717) is 6.54 Å². The predicted molar refractivity (Wildman–Crippen MR) is 122 cm³/mol. The monoisotopic (exact) mass is 438 g/mol. The fraction of sp³-hybridized carbons (Fsp3) is 0.478. The molecule has 1 aliphatic heterocycles. The van der Waals surface area contributed by atoms with Crippen molar-refractivity contribution in [2.24, 2.45) is 20.0 Å². The molecule has 32 heavy (non-hydrogen) atoms. The quantitative estimate of drug-likeness (QED) is 0.619. The van der Waals surface area contributed by atoms with Crippen LogP contribution in [0.25, 0.3) is 11.2 Å². The van der Waals surface area contributed by atoms with Gasteiger partial charge in [-0.2, -0.15) is 0 Å². The van der Waals surface area contributed by atoms with Crippen LogP contribution >= 0.6 is 0 Å². The third-order valence-corrected chi connectivity index (χ3v) is 6.33. The van der Waals surface area contributed by atoms with Crippen LogP contribution in [0.5, 0.6) is 0 Å². The third-order valence-electron chi connectivity index (χ3n) is 6.33. The normalized spacial score (nSPS) is 15.3. The molecule has 0 spiro atoms. The minimum absolute atomic E-state index is 0.0462. The van der Waals surface area contributed by atoms with E-state index in [1.165, 1.54) is 40.9 Å². The van der Waals surface area contributed by atoms with Crippen LogP contribution in [0.2, 0.25) is 0 Å². The van der Waals surface area contributed by atoms with Gasteiger partial charge in [-0.3, -0.25) is 23.6 Å². The molecule has 4 rings (SSSR count). The van der Waals surface area contributed by atoms with Crippen LogP contribution in [-0.2, 0) is 38.5 Å². The minimum atomic E-state index is -0.466.